The molecular formula is C13H14F4N2O. The largest absolute Gasteiger partial charge is 0.416 e. The number of alkyl halides is 3. The quantitative estimate of drug-likeness (QED) is 0.851. The number of carbonyl (C=O) groups is 1. The number of primary amides is 1. The van der Waals surface area contributed by atoms with E-state index in [2.05, 4.69) is 0 Å². The van der Waals surface area contributed by atoms with Crippen LogP contribution in [0.2, 0.25) is 0 Å². The zero-order chi connectivity index (χ0) is 14.9. The van der Waals surface area contributed by atoms with Gasteiger partial charge in [-0.15, -0.1) is 0 Å². The summed E-state index contributed by atoms with van der Waals surface area (Å²) < 4.78 is 51.1. The second-order valence-electron chi connectivity index (χ2n) is 4.83. The summed E-state index contributed by atoms with van der Waals surface area (Å²) in [4.78, 5) is 12.7. The zero-order valence-electron chi connectivity index (χ0n) is 10.6. The summed E-state index contributed by atoms with van der Waals surface area (Å²) in [5.74, 6) is -1.54. The summed E-state index contributed by atoms with van der Waals surface area (Å²) in [5.41, 5.74) is 4.31. The molecule has 0 saturated carbocycles. The first-order valence-electron chi connectivity index (χ1n) is 6.20. The molecule has 0 unspecified atom stereocenters. The predicted octanol–water partition coefficient (Wildman–Crippen LogP) is 2.55. The molecule has 110 valence electrons. The number of halogens is 4. The van der Waals surface area contributed by atoms with Crippen molar-refractivity contribution < 1.29 is 22.4 Å². The summed E-state index contributed by atoms with van der Waals surface area (Å²) in [6.45, 7) is 0.797. The molecule has 3 nitrogen and oxygen atoms in total. The zero-order valence-corrected chi connectivity index (χ0v) is 10.6. The highest BCUT2D eigenvalue weighted by Crippen LogP contribution is 2.33. The van der Waals surface area contributed by atoms with E-state index in [-0.39, 0.29) is 11.6 Å². The van der Waals surface area contributed by atoms with Gasteiger partial charge in [0, 0.05) is 19.0 Å². The Kier molecular flexibility index (Phi) is 3.87. The monoisotopic (exact) mass is 290 g/mol. The van der Waals surface area contributed by atoms with Crippen molar-refractivity contribution in [3.05, 3.63) is 29.6 Å². The van der Waals surface area contributed by atoms with Crippen molar-refractivity contribution in [2.24, 2.45) is 11.7 Å². The van der Waals surface area contributed by atoms with Gasteiger partial charge in [-0.1, -0.05) is 0 Å². The molecule has 2 rings (SSSR count). The van der Waals surface area contributed by atoms with Crippen molar-refractivity contribution in [3.63, 3.8) is 0 Å². The highest BCUT2D eigenvalue weighted by molar-refractivity contribution is 5.77. The van der Waals surface area contributed by atoms with Gasteiger partial charge in [-0.3, -0.25) is 4.79 Å². The van der Waals surface area contributed by atoms with Crippen molar-refractivity contribution in [2.75, 3.05) is 18.0 Å². The number of nitrogens with two attached hydrogens (primary N) is 1. The maximum absolute atomic E-state index is 13.8. The molecular weight excluding hydrogens is 276 g/mol. The Morgan fingerprint density at radius 3 is 2.30 bits per heavy atom. The van der Waals surface area contributed by atoms with Gasteiger partial charge in [0.25, 0.3) is 0 Å². The first kappa shape index (κ1) is 14.6. The Balaban J connectivity index is 2.13. The van der Waals surface area contributed by atoms with Crippen molar-refractivity contribution in [1.82, 2.24) is 0 Å². The lowest BCUT2D eigenvalue weighted by Gasteiger charge is -2.32. The van der Waals surface area contributed by atoms with Gasteiger partial charge in [0.05, 0.1) is 11.3 Å². The van der Waals surface area contributed by atoms with Crippen molar-refractivity contribution >= 4 is 11.6 Å². The Morgan fingerprint density at radius 1 is 1.25 bits per heavy atom. The van der Waals surface area contributed by atoms with Crippen LogP contribution < -0.4 is 10.6 Å². The average Bonchev–Trinajstić information content (AvgIpc) is 2.37. The Hall–Kier alpha value is -1.79. The van der Waals surface area contributed by atoms with E-state index in [1.165, 1.54) is 0 Å². The maximum Gasteiger partial charge on any atom is 0.416 e. The molecule has 1 aliphatic heterocycles. The Labute approximate surface area is 113 Å². The van der Waals surface area contributed by atoms with Crippen LogP contribution in [0.4, 0.5) is 23.2 Å². The summed E-state index contributed by atoms with van der Waals surface area (Å²) in [7, 11) is 0. The summed E-state index contributed by atoms with van der Waals surface area (Å²) in [6.07, 6.45) is -3.59. The molecule has 2 N–H and O–H groups in total. The van der Waals surface area contributed by atoms with E-state index in [0.29, 0.717) is 32.0 Å². The van der Waals surface area contributed by atoms with E-state index in [1.54, 1.807) is 4.90 Å². The molecule has 1 aromatic rings. The van der Waals surface area contributed by atoms with Gasteiger partial charge in [0.2, 0.25) is 5.91 Å². The maximum atomic E-state index is 13.8. The third kappa shape index (κ3) is 3.02. The fourth-order valence-corrected chi connectivity index (χ4v) is 2.34. The minimum absolute atomic E-state index is 0.126. The highest BCUT2D eigenvalue weighted by Gasteiger charge is 2.32. The van der Waals surface area contributed by atoms with E-state index < -0.39 is 23.5 Å². The number of amides is 1. The van der Waals surface area contributed by atoms with Crippen molar-refractivity contribution in [3.8, 4) is 0 Å². The Morgan fingerprint density at radius 2 is 1.85 bits per heavy atom. The standard InChI is InChI=1S/C13H14F4N2O/c14-10-7-9(13(15,16)17)1-2-11(10)19-5-3-8(4-6-19)12(18)20/h1-2,7-8H,3-6H2,(H2,18,20). The van der Waals surface area contributed by atoms with Crippen LogP contribution >= 0.6 is 0 Å². The van der Waals surface area contributed by atoms with Crippen LogP contribution in [0.5, 0.6) is 0 Å². The molecule has 7 heteroatoms. The molecule has 1 heterocycles. The third-order valence-corrected chi connectivity index (χ3v) is 3.51. The van der Waals surface area contributed by atoms with Gasteiger partial charge >= 0.3 is 6.18 Å². The summed E-state index contributed by atoms with van der Waals surface area (Å²) >= 11 is 0. The predicted molar refractivity (Wildman–Crippen MR) is 65.5 cm³/mol. The lowest BCUT2D eigenvalue weighted by molar-refractivity contribution is -0.137. The lowest BCUT2D eigenvalue weighted by Crippen LogP contribution is -2.38. The number of hydrogen-bond acceptors (Lipinski definition) is 2. The molecule has 20 heavy (non-hydrogen) atoms. The normalized spacial score (nSPS) is 17.3. The van der Waals surface area contributed by atoms with E-state index in [4.69, 9.17) is 5.73 Å². The molecule has 1 amide bonds. The fraction of sp³-hybridized carbons (Fsp3) is 0.462. The minimum atomic E-state index is -4.56. The molecule has 1 aromatic carbocycles. The number of piperidine rings is 1. The van der Waals surface area contributed by atoms with E-state index >= 15 is 0 Å². The summed E-state index contributed by atoms with van der Waals surface area (Å²) in [6, 6.07) is 2.48. The van der Waals surface area contributed by atoms with E-state index in [0.717, 1.165) is 12.1 Å². The molecule has 1 fully saturated rings. The fourth-order valence-electron chi connectivity index (χ4n) is 2.34. The second-order valence-corrected chi connectivity index (χ2v) is 4.83. The van der Waals surface area contributed by atoms with Crippen LogP contribution in [0.15, 0.2) is 18.2 Å². The Bertz CT molecular complexity index is 508. The molecule has 0 atom stereocenters. The second kappa shape index (κ2) is 5.30. The topological polar surface area (TPSA) is 46.3 Å². The number of rotatable bonds is 2. The number of nitrogens with zero attached hydrogens (tertiary/aromatic N) is 1. The van der Waals surface area contributed by atoms with Crippen LogP contribution in [0.3, 0.4) is 0 Å². The van der Waals surface area contributed by atoms with Crippen LogP contribution in [0, 0.1) is 11.7 Å². The number of benzene rings is 1. The minimum Gasteiger partial charge on any atom is -0.369 e. The van der Waals surface area contributed by atoms with E-state index in [9.17, 15) is 22.4 Å². The number of anilines is 1. The van der Waals surface area contributed by atoms with E-state index in [1.807, 2.05) is 0 Å². The molecule has 0 bridgehead atoms. The smallest absolute Gasteiger partial charge is 0.369 e. The first-order valence-corrected chi connectivity index (χ1v) is 6.20. The number of carbonyl (C=O) groups excluding carboxylic acids is 1. The van der Waals surface area contributed by atoms with Crippen molar-refractivity contribution in [2.45, 2.75) is 19.0 Å². The first-order chi connectivity index (χ1) is 9.29. The molecule has 0 radical (unpaired) electrons. The highest BCUT2D eigenvalue weighted by atomic mass is 19.4. The van der Waals surface area contributed by atoms with Gasteiger partial charge in [0.1, 0.15) is 5.82 Å². The lowest BCUT2D eigenvalue weighted by atomic mass is 9.96. The van der Waals surface area contributed by atoms with Crippen LogP contribution in [0.1, 0.15) is 18.4 Å². The molecule has 1 saturated heterocycles. The number of hydrogen-bond donors (Lipinski definition) is 1. The van der Waals surface area contributed by atoms with Gasteiger partial charge < -0.3 is 10.6 Å². The average molecular weight is 290 g/mol. The van der Waals surface area contributed by atoms with Gasteiger partial charge in [-0.05, 0) is 31.0 Å². The molecule has 1 aliphatic rings. The van der Waals surface area contributed by atoms with Gasteiger partial charge in [-0.25, -0.2) is 4.39 Å². The van der Waals surface area contributed by atoms with Gasteiger partial charge in [-0.2, -0.15) is 13.2 Å². The van der Waals surface area contributed by atoms with Crippen LogP contribution in [0.25, 0.3) is 0 Å². The molecule has 0 spiro atoms. The van der Waals surface area contributed by atoms with Crippen molar-refractivity contribution in [1.29, 1.82) is 0 Å². The summed E-state index contributed by atoms with van der Waals surface area (Å²) in [5, 5.41) is 0. The van der Waals surface area contributed by atoms with Gasteiger partial charge in [0.15, 0.2) is 0 Å². The molecule has 0 aromatic heterocycles. The third-order valence-electron chi connectivity index (χ3n) is 3.51. The SMILES string of the molecule is NC(=O)C1CCN(c2ccc(C(F)(F)F)cc2F)CC1. The van der Waals surface area contributed by atoms with Crippen LogP contribution in [-0.4, -0.2) is 19.0 Å². The van der Waals surface area contributed by atoms with Crippen LogP contribution in [-0.2, 0) is 11.0 Å². The molecule has 0 aliphatic carbocycles.